The molecule has 0 bridgehead atoms. The molecule has 0 aliphatic carbocycles. The maximum Gasteiger partial charge on any atom is 0.263 e. The van der Waals surface area contributed by atoms with E-state index in [0.717, 1.165) is 58.0 Å². The molecule has 0 radical (unpaired) electrons. The highest BCUT2D eigenvalue weighted by atomic mass is 79.9. The second-order valence-corrected chi connectivity index (χ2v) is 9.35. The summed E-state index contributed by atoms with van der Waals surface area (Å²) in [5.41, 5.74) is 2.93. The number of rotatable bonds is 5. The highest BCUT2D eigenvalue weighted by molar-refractivity contribution is 9.10. The van der Waals surface area contributed by atoms with E-state index in [1.54, 1.807) is 12.4 Å². The smallest absolute Gasteiger partial charge is 0.263 e. The number of likely N-dealkylation sites (tertiary alicyclic amines) is 1. The lowest BCUT2D eigenvalue weighted by atomic mass is 9.93. The Labute approximate surface area is 192 Å². The molecular formula is C22H21BrN6OS. The van der Waals surface area contributed by atoms with Crippen molar-refractivity contribution in [1.82, 2.24) is 24.5 Å². The summed E-state index contributed by atoms with van der Waals surface area (Å²) >= 11 is 5.07. The predicted octanol–water partition coefficient (Wildman–Crippen LogP) is 4.58. The topological polar surface area (TPSA) is 75.4 Å². The van der Waals surface area contributed by atoms with Gasteiger partial charge in [-0.3, -0.25) is 9.78 Å². The van der Waals surface area contributed by atoms with E-state index in [0.29, 0.717) is 12.5 Å². The lowest BCUT2D eigenvalue weighted by Gasteiger charge is -2.31. The van der Waals surface area contributed by atoms with E-state index in [2.05, 4.69) is 37.4 Å². The quantitative estimate of drug-likeness (QED) is 0.437. The first-order valence-electron chi connectivity index (χ1n) is 10.2. The van der Waals surface area contributed by atoms with Crippen LogP contribution in [-0.4, -0.2) is 43.5 Å². The number of carbonyl (C=O) groups is 1. The zero-order valence-electron chi connectivity index (χ0n) is 16.7. The molecule has 0 aromatic carbocycles. The van der Waals surface area contributed by atoms with E-state index in [1.807, 2.05) is 45.3 Å². The normalized spacial score (nSPS) is 14.8. The Morgan fingerprint density at radius 1 is 1.23 bits per heavy atom. The maximum absolute atomic E-state index is 12.7. The second-order valence-electron chi connectivity index (χ2n) is 7.55. The molecule has 1 aliphatic heterocycles. The van der Waals surface area contributed by atoms with Crippen LogP contribution in [0.2, 0.25) is 0 Å². The van der Waals surface area contributed by atoms with Crippen LogP contribution >= 0.6 is 27.3 Å². The molecule has 1 fully saturated rings. The van der Waals surface area contributed by atoms with Gasteiger partial charge in [-0.1, -0.05) is 12.1 Å². The number of hydrogen-bond donors (Lipinski definition) is 1. The third-order valence-corrected chi connectivity index (χ3v) is 6.99. The minimum absolute atomic E-state index is 0.134. The Bertz CT molecular complexity index is 1190. The number of amides is 1. The van der Waals surface area contributed by atoms with Crippen LogP contribution in [0.3, 0.4) is 0 Å². The van der Waals surface area contributed by atoms with Gasteiger partial charge in [-0.05, 0) is 51.8 Å². The van der Waals surface area contributed by atoms with Crippen molar-refractivity contribution in [1.29, 1.82) is 0 Å². The first kappa shape index (κ1) is 20.1. The van der Waals surface area contributed by atoms with E-state index in [9.17, 15) is 4.79 Å². The average molecular weight is 497 g/mol. The Morgan fingerprint density at radius 3 is 2.84 bits per heavy atom. The minimum Gasteiger partial charge on any atom is -0.366 e. The van der Waals surface area contributed by atoms with Gasteiger partial charge in [-0.2, -0.15) is 9.61 Å². The Morgan fingerprint density at radius 2 is 2.10 bits per heavy atom. The summed E-state index contributed by atoms with van der Waals surface area (Å²) in [5, 5.41) is 9.88. The highest BCUT2D eigenvalue weighted by Crippen LogP contribution is 2.31. The molecule has 0 saturated carbocycles. The monoisotopic (exact) mass is 496 g/mol. The van der Waals surface area contributed by atoms with Gasteiger partial charge in [-0.15, -0.1) is 11.3 Å². The van der Waals surface area contributed by atoms with Gasteiger partial charge in [0.25, 0.3) is 5.91 Å². The van der Waals surface area contributed by atoms with Crippen LogP contribution in [0.25, 0.3) is 5.65 Å². The molecular weight excluding hydrogens is 476 g/mol. The van der Waals surface area contributed by atoms with Crippen LogP contribution in [0.4, 0.5) is 5.82 Å². The fourth-order valence-corrected chi connectivity index (χ4v) is 4.96. The van der Waals surface area contributed by atoms with Crippen LogP contribution in [-0.2, 0) is 6.54 Å². The van der Waals surface area contributed by atoms with E-state index in [4.69, 9.17) is 4.98 Å². The number of nitrogens with one attached hydrogen (secondary N) is 1. The molecule has 0 unspecified atom stereocenters. The zero-order valence-corrected chi connectivity index (χ0v) is 19.1. The molecule has 9 heteroatoms. The van der Waals surface area contributed by atoms with Crippen molar-refractivity contribution in [3.05, 3.63) is 74.9 Å². The predicted molar refractivity (Wildman–Crippen MR) is 124 cm³/mol. The molecule has 7 nitrogen and oxygen atoms in total. The second kappa shape index (κ2) is 8.76. The van der Waals surface area contributed by atoms with Crippen LogP contribution in [0.15, 0.2) is 58.8 Å². The Kier molecular flexibility index (Phi) is 5.69. The molecule has 1 saturated heterocycles. The summed E-state index contributed by atoms with van der Waals surface area (Å²) < 4.78 is 2.68. The van der Waals surface area contributed by atoms with Crippen LogP contribution in [0.1, 0.15) is 39.7 Å². The van der Waals surface area contributed by atoms with Crippen LogP contribution in [0.5, 0.6) is 0 Å². The summed E-state index contributed by atoms with van der Waals surface area (Å²) in [6.45, 7) is 2.14. The van der Waals surface area contributed by atoms with Crippen molar-refractivity contribution < 1.29 is 4.79 Å². The Hall–Kier alpha value is -2.78. The molecule has 4 aromatic heterocycles. The lowest BCUT2D eigenvalue weighted by Crippen LogP contribution is -2.37. The highest BCUT2D eigenvalue weighted by Gasteiger charge is 2.26. The van der Waals surface area contributed by atoms with Gasteiger partial charge in [0.2, 0.25) is 0 Å². The number of halogens is 1. The van der Waals surface area contributed by atoms with Crippen molar-refractivity contribution >= 4 is 44.6 Å². The summed E-state index contributed by atoms with van der Waals surface area (Å²) in [5.74, 6) is 1.33. The summed E-state index contributed by atoms with van der Waals surface area (Å²) in [4.78, 5) is 24.5. The van der Waals surface area contributed by atoms with Crippen LogP contribution < -0.4 is 5.32 Å². The molecule has 4 aromatic rings. The molecule has 1 aliphatic rings. The molecule has 31 heavy (non-hydrogen) atoms. The van der Waals surface area contributed by atoms with Crippen molar-refractivity contribution in [3.8, 4) is 0 Å². The summed E-state index contributed by atoms with van der Waals surface area (Å²) in [7, 11) is 0. The SMILES string of the molecule is O=C(c1cccs1)N1CCC(c2cc(NCc3cccnc3)n3ncc(Br)c3n2)CC1. The van der Waals surface area contributed by atoms with Gasteiger partial charge >= 0.3 is 0 Å². The van der Waals surface area contributed by atoms with Crippen molar-refractivity contribution in [3.63, 3.8) is 0 Å². The van der Waals surface area contributed by atoms with E-state index in [-0.39, 0.29) is 5.91 Å². The maximum atomic E-state index is 12.7. The molecule has 0 spiro atoms. The first-order chi connectivity index (χ1) is 15.2. The molecule has 1 N–H and O–H groups in total. The molecule has 5 rings (SSSR count). The lowest BCUT2D eigenvalue weighted by molar-refractivity contribution is 0.0717. The first-order valence-corrected chi connectivity index (χ1v) is 11.9. The van der Waals surface area contributed by atoms with Crippen molar-refractivity contribution in [2.24, 2.45) is 0 Å². The largest absolute Gasteiger partial charge is 0.366 e. The number of pyridine rings is 1. The van der Waals surface area contributed by atoms with Crippen molar-refractivity contribution in [2.45, 2.75) is 25.3 Å². The third kappa shape index (κ3) is 4.20. The van der Waals surface area contributed by atoms with E-state index in [1.165, 1.54) is 11.3 Å². The molecule has 1 amide bonds. The van der Waals surface area contributed by atoms with Gasteiger partial charge in [0.1, 0.15) is 5.82 Å². The average Bonchev–Trinajstić information content (AvgIpc) is 3.48. The van der Waals surface area contributed by atoms with Crippen LogP contribution in [0, 0.1) is 0 Å². The number of nitrogens with zero attached hydrogens (tertiary/aromatic N) is 5. The summed E-state index contributed by atoms with van der Waals surface area (Å²) in [6.07, 6.45) is 7.18. The van der Waals surface area contributed by atoms with Gasteiger partial charge < -0.3 is 10.2 Å². The molecule has 5 heterocycles. The number of thiophene rings is 1. The number of carbonyl (C=O) groups excluding carboxylic acids is 1. The minimum atomic E-state index is 0.134. The van der Waals surface area contributed by atoms with Gasteiger partial charge in [0, 0.05) is 49.7 Å². The van der Waals surface area contributed by atoms with Gasteiger partial charge in [-0.25, -0.2) is 4.98 Å². The van der Waals surface area contributed by atoms with E-state index < -0.39 is 0 Å². The number of anilines is 1. The number of piperidine rings is 1. The fraction of sp³-hybridized carbons (Fsp3) is 0.273. The third-order valence-electron chi connectivity index (χ3n) is 5.58. The zero-order chi connectivity index (χ0) is 21.2. The fourth-order valence-electron chi connectivity index (χ4n) is 3.92. The molecule has 0 atom stereocenters. The number of aromatic nitrogens is 4. The van der Waals surface area contributed by atoms with Gasteiger partial charge in [0.15, 0.2) is 5.65 Å². The number of fused-ring (bicyclic) bond motifs is 1. The standard InChI is InChI=1S/C22H21BrN6OS/c23-17-14-26-29-20(25-13-15-3-1-7-24-12-15)11-18(27-21(17)29)16-5-8-28(9-6-16)22(30)19-4-2-10-31-19/h1-4,7,10-12,14,16,25H,5-6,8-9,13H2. The number of hydrogen-bond acceptors (Lipinski definition) is 6. The van der Waals surface area contributed by atoms with Crippen molar-refractivity contribution in [2.75, 3.05) is 18.4 Å². The van der Waals surface area contributed by atoms with Gasteiger partial charge in [0.05, 0.1) is 15.5 Å². The Balaban J connectivity index is 1.35. The van der Waals surface area contributed by atoms with E-state index >= 15 is 0 Å². The molecule has 158 valence electrons. The summed E-state index contributed by atoms with van der Waals surface area (Å²) in [6, 6.07) is 9.88.